The topological polar surface area (TPSA) is 88.1 Å². The lowest BCUT2D eigenvalue weighted by Crippen LogP contribution is -2.25. The molecular formula is C15H21N3O3S. The van der Waals surface area contributed by atoms with Crippen molar-refractivity contribution in [3.63, 3.8) is 0 Å². The molecule has 1 aromatic heterocycles. The molecule has 0 fully saturated rings. The van der Waals surface area contributed by atoms with Crippen LogP contribution in [0.1, 0.15) is 23.1 Å². The van der Waals surface area contributed by atoms with E-state index in [0.29, 0.717) is 6.54 Å². The highest BCUT2D eigenvalue weighted by Crippen LogP contribution is 2.19. The van der Waals surface area contributed by atoms with Gasteiger partial charge in [0.15, 0.2) is 0 Å². The number of aryl methyl sites for hydroxylation is 4. The Hall–Kier alpha value is -1.86. The summed E-state index contributed by atoms with van der Waals surface area (Å²) in [6, 6.07) is 4.15. The van der Waals surface area contributed by atoms with Gasteiger partial charge in [-0.2, -0.15) is 8.42 Å². The fourth-order valence-electron chi connectivity index (χ4n) is 2.76. The fraction of sp³-hybridized carbons (Fsp3) is 0.400. The smallest absolute Gasteiger partial charge is 0.264 e. The zero-order valence-corrected chi connectivity index (χ0v) is 13.8. The minimum atomic E-state index is -3.95. The Kier molecular flexibility index (Phi) is 4.58. The number of hydrogen-bond donors (Lipinski definition) is 2. The quantitative estimate of drug-likeness (QED) is 0.825. The second-order valence-corrected chi connectivity index (χ2v) is 7.14. The van der Waals surface area contributed by atoms with E-state index < -0.39 is 10.1 Å². The van der Waals surface area contributed by atoms with E-state index in [1.165, 1.54) is 5.56 Å². The lowest BCUT2D eigenvalue weighted by Gasteiger charge is -2.12. The first-order valence-electron chi connectivity index (χ1n) is 7.05. The van der Waals surface area contributed by atoms with E-state index in [1.54, 1.807) is 21.5 Å². The van der Waals surface area contributed by atoms with E-state index >= 15 is 0 Å². The molecule has 0 aliphatic rings. The van der Waals surface area contributed by atoms with Crippen LogP contribution in [0.3, 0.4) is 0 Å². The first-order valence-corrected chi connectivity index (χ1v) is 8.66. The number of imidazole rings is 1. The summed E-state index contributed by atoms with van der Waals surface area (Å²) in [5.41, 5.74) is 4.62. The molecule has 0 spiro atoms. The Morgan fingerprint density at radius 1 is 1.14 bits per heavy atom. The summed E-state index contributed by atoms with van der Waals surface area (Å²) in [7, 11) is -3.95. The van der Waals surface area contributed by atoms with Gasteiger partial charge >= 0.3 is 0 Å². The van der Waals surface area contributed by atoms with Gasteiger partial charge in [-0.3, -0.25) is 14.5 Å². The molecule has 0 amide bonds. The number of nitrogens with zero attached hydrogens (tertiary/aromatic N) is 2. The molecule has 2 N–H and O–H groups in total. The molecular weight excluding hydrogens is 302 g/mol. The van der Waals surface area contributed by atoms with Gasteiger partial charge in [-0.25, -0.2) is 0 Å². The standard InChI is InChI=1S/C15H21N3O3S/c1-11-9-12(2)14(13(3)10-11)18-7-6-17(15(18)16)5-4-8-22(19,20)21/h6-7,9-10,16H,4-5,8H2,1-3H3,(H,19,20,21). The third-order valence-electron chi connectivity index (χ3n) is 3.57. The first-order chi connectivity index (χ1) is 10.2. The minimum Gasteiger partial charge on any atom is -0.317 e. The van der Waals surface area contributed by atoms with Crippen LogP contribution in [0.15, 0.2) is 24.5 Å². The van der Waals surface area contributed by atoms with Crippen LogP contribution in [0.5, 0.6) is 0 Å². The van der Waals surface area contributed by atoms with Crippen molar-refractivity contribution in [1.29, 1.82) is 5.41 Å². The number of rotatable bonds is 5. The highest BCUT2D eigenvalue weighted by Gasteiger charge is 2.10. The minimum absolute atomic E-state index is 0.269. The lowest BCUT2D eigenvalue weighted by atomic mass is 10.1. The average Bonchev–Trinajstić information content (AvgIpc) is 2.69. The maximum absolute atomic E-state index is 10.7. The molecule has 0 atom stereocenters. The molecule has 1 heterocycles. The van der Waals surface area contributed by atoms with Crippen molar-refractivity contribution < 1.29 is 13.0 Å². The predicted octanol–water partition coefficient (Wildman–Crippen LogP) is 1.96. The molecule has 1 aromatic carbocycles. The molecule has 0 saturated carbocycles. The van der Waals surface area contributed by atoms with Gasteiger partial charge in [0.2, 0.25) is 5.62 Å². The van der Waals surface area contributed by atoms with Gasteiger partial charge in [-0.1, -0.05) is 17.7 Å². The molecule has 120 valence electrons. The normalized spacial score (nSPS) is 11.8. The number of nitrogens with one attached hydrogen (secondary N) is 1. The van der Waals surface area contributed by atoms with Crippen molar-refractivity contribution in [3.8, 4) is 5.69 Å². The summed E-state index contributed by atoms with van der Waals surface area (Å²) in [6.07, 6.45) is 3.83. The maximum atomic E-state index is 10.7. The number of hydrogen-bond acceptors (Lipinski definition) is 3. The van der Waals surface area contributed by atoms with Crippen molar-refractivity contribution in [2.24, 2.45) is 0 Å². The van der Waals surface area contributed by atoms with Crippen molar-refractivity contribution in [1.82, 2.24) is 9.13 Å². The van der Waals surface area contributed by atoms with Crippen LogP contribution in [0.4, 0.5) is 0 Å². The lowest BCUT2D eigenvalue weighted by molar-refractivity contribution is 0.477. The SMILES string of the molecule is Cc1cc(C)c(-n2ccn(CCCS(=O)(=O)O)c2=N)c(C)c1. The van der Waals surface area contributed by atoms with E-state index in [1.807, 2.05) is 20.8 Å². The van der Waals surface area contributed by atoms with E-state index in [-0.39, 0.29) is 17.8 Å². The molecule has 0 unspecified atom stereocenters. The maximum Gasteiger partial charge on any atom is 0.264 e. The van der Waals surface area contributed by atoms with Crippen LogP contribution in [-0.4, -0.2) is 27.9 Å². The second kappa shape index (κ2) is 6.10. The molecule has 22 heavy (non-hydrogen) atoms. The summed E-state index contributed by atoms with van der Waals surface area (Å²) in [6.45, 7) is 6.43. The third kappa shape index (κ3) is 3.66. The van der Waals surface area contributed by atoms with E-state index in [9.17, 15) is 8.42 Å². The van der Waals surface area contributed by atoms with Crippen molar-refractivity contribution in [2.75, 3.05) is 5.75 Å². The highest BCUT2D eigenvalue weighted by atomic mass is 32.2. The summed E-state index contributed by atoms with van der Waals surface area (Å²) in [5.74, 6) is -0.298. The molecule has 0 aliphatic heterocycles. The molecule has 0 aliphatic carbocycles. The first kappa shape index (κ1) is 16.5. The van der Waals surface area contributed by atoms with Gasteiger partial charge in [0.1, 0.15) is 0 Å². The van der Waals surface area contributed by atoms with E-state index in [4.69, 9.17) is 9.96 Å². The Balaban J connectivity index is 2.31. The molecule has 0 radical (unpaired) electrons. The molecule has 0 bridgehead atoms. The summed E-state index contributed by atoms with van der Waals surface area (Å²) < 4.78 is 33.7. The van der Waals surface area contributed by atoms with Crippen LogP contribution in [0, 0.1) is 26.2 Å². The Morgan fingerprint density at radius 3 is 2.27 bits per heavy atom. The summed E-state index contributed by atoms with van der Waals surface area (Å²) in [5, 5.41) is 8.26. The number of aromatic nitrogens is 2. The average molecular weight is 323 g/mol. The van der Waals surface area contributed by atoms with Crippen molar-refractivity contribution in [3.05, 3.63) is 46.8 Å². The Labute approximate surface area is 130 Å². The zero-order valence-electron chi connectivity index (χ0n) is 13.0. The second-order valence-electron chi connectivity index (χ2n) is 5.57. The van der Waals surface area contributed by atoms with Gasteiger partial charge in [0.25, 0.3) is 10.1 Å². The van der Waals surface area contributed by atoms with Gasteiger partial charge < -0.3 is 4.57 Å². The number of benzene rings is 1. The summed E-state index contributed by atoms with van der Waals surface area (Å²) in [4.78, 5) is 0. The Morgan fingerprint density at radius 2 is 1.73 bits per heavy atom. The van der Waals surface area contributed by atoms with Gasteiger partial charge in [0, 0.05) is 18.9 Å². The van der Waals surface area contributed by atoms with Crippen LogP contribution in [0.25, 0.3) is 5.69 Å². The van der Waals surface area contributed by atoms with E-state index in [2.05, 4.69) is 12.1 Å². The largest absolute Gasteiger partial charge is 0.317 e. The van der Waals surface area contributed by atoms with Crippen molar-refractivity contribution >= 4 is 10.1 Å². The molecule has 6 nitrogen and oxygen atoms in total. The Bertz CT molecular complexity index is 824. The fourth-order valence-corrected chi connectivity index (χ4v) is 3.25. The van der Waals surface area contributed by atoms with Crippen LogP contribution in [0.2, 0.25) is 0 Å². The van der Waals surface area contributed by atoms with Crippen molar-refractivity contribution in [2.45, 2.75) is 33.7 Å². The third-order valence-corrected chi connectivity index (χ3v) is 4.38. The predicted molar refractivity (Wildman–Crippen MR) is 84.9 cm³/mol. The molecule has 0 saturated heterocycles. The van der Waals surface area contributed by atoms with Crippen LogP contribution in [-0.2, 0) is 16.7 Å². The molecule has 2 rings (SSSR count). The van der Waals surface area contributed by atoms with Gasteiger partial charge in [-0.05, 0) is 38.3 Å². The van der Waals surface area contributed by atoms with Gasteiger partial charge in [0.05, 0.1) is 11.4 Å². The van der Waals surface area contributed by atoms with E-state index in [0.717, 1.165) is 16.8 Å². The molecule has 2 aromatic rings. The highest BCUT2D eigenvalue weighted by molar-refractivity contribution is 7.85. The zero-order chi connectivity index (χ0) is 16.5. The van der Waals surface area contributed by atoms with Crippen LogP contribution < -0.4 is 5.62 Å². The van der Waals surface area contributed by atoms with Crippen LogP contribution >= 0.6 is 0 Å². The summed E-state index contributed by atoms with van der Waals surface area (Å²) >= 11 is 0. The molecule has 7 heteroatoms. The van der Waals surface area contributed by atoms with Gasteiger partial charge in [-0.15, -0.1) is 0 Å². The monoisotopic (exact) mass is 323 g/mol.